The Morgan fingerprint density at radius 1 is 1.27 bits per heavy atom. The first-order chi connectivity index (χ1) is 7.42. The largest absolute Gasteiger partial charge is 0.380 e. The highest BCUT2D eigenvalue weighted by atomic mass is 16.5. The average molecular weight is 208 g/mol. The summed E-state index contributed by atoms with van der Waals surface area (Å²) < 4.78 is 5.40. The summed E-state index contributed by atoms with van der Waals surface area (Å²) in [6.45, 7) is 3.84. The van der Waals surface area contributed by atoms with Gasteiger partial charge in [0, 0.05) is 38.6 Å². The monoisotopic (exact) mass is 208 g/mol. The number of rotatable bonds is 2. The molecule has 1 aliphatic heterocycles. The van der Waals surface area contributed by atoms with Crippen LogP contribution in [0.2, 0.25) is 0 Å². The Hall–Kier alpha value is -1.20. The Balaban J connectivity index is 2.18. The van der Waals surface area contributed by atoms with Crippen LogP contribution in [-0.2, 0) is 11.3 Å². The lowest BCUT2D eigenvalue weighted by molar-refractivity contribution is 0.152. The van der Waals surface area contributed by atoms with E-state index in [1.807, 2.05) is 0 Å². The molecule has 5 nitrogen and oxygen atoms in total. The van der Waals surface area contributed by atoms with E-state index in [4.69, 9.17) is 10.5 Å². The van der Waals surface area contributed by atoms with Crippen molar-refractivity contribution in [2.24, 2.45) is 5.73 Å². The molecule has 0 amide bonds. The highest BCUT2D eigenvalue weighted by Crippen LogP contribution is 2.15. The summed E-state index contributed by atoms with van der Waals surface area (Å²) in [6.07, 6.45) is 4.42. The highest BCUT2D eigenvalue weighted by Gasteiger charge is 2.14. The summed E-state index contributed by atoms with van der Waals surface area (Å²) >= 11 is 0. The minimum absolute atomic E-state index is 0.431. The zero-order valence-electron chi connectivity index (χ0n) is 8.72. The number of anilines is 1. The van der Waals surface area contributed by atoms with Gasteiger partial charge in [-0.05, 0) is 6.42 Å². The third-order valence-electron chi connectivity index (χ3n) is 2.47. The molecule has 2 N–H and O–H groups in total. The zero-order chi connectivity index (χ0) is 10.5. The third kappa shape index (κ3) is 2.43. The first-order valence-electron chi connectivity index (χ1n) is 5.24. The van der Waals surface area contributed by atoms with Crippen molar-refractivity contribution in [3.63, 3.8) is 0 Å². The maximum absolute atomic E-state index is 5.64. The topological polar surface area (TPSA) is 64.3 Å². The third-order valence-corrected chi connectivity index (χ3v) is 2.47. The molecule has 0 saturated carbocycles. The fourth-order valence-corrected chi connectivity index (χ4v) is 1.73. The van der Waals surface area contributed by atoms with Crippen molar-refractivity contribution in [1.29, 1.82) is 0 Å². The molecule has 1 aliphatic rings. The molecule has 0 spiro atoms. The van der Waals surface area contributed by atoms with E-state index in [1.54, 1.807) is 12.4 Å². The lowest BCUT2D eigenvalue weighted by Gasteiger charge is -2.22. The number of ether oxygens (including phenoxy) is 1. The van der Waals surface area contributed by atoms with Gasteiger partial charge in [-0.25, -0.2) is 4.98 Å². The molecule has 2 heterocycles. The lowest BCUT2D eigenvalue weighted by Crippen LogP contribution is -2.28. The molecule has 0 unspecified atom stereocenters. The Labute approximate surface area is 89.3 Å². The molecule has 0 atom stereocenters. The van der Waals surface area contributed by atoms with Gasteiger partial charge in [-0.1, -0.05) is 0 Å². The molecule has 0 aromatic carbocycles. The van der Waals surface area contributed by atoms with Gasteiger partial charge in [0.05, 0.1) is 12.3 Å². The first kappa shape index (κ1) is 10.3. The van der Waals surface area contributed by atoms with Crippen LogP contribution in [0.3, 0.4) is 0 Å². The van der Waals surface area contributed by atoms with Crippen LogP contribution in [0.1, 0.15) is 12.1 Å². The quantitative estimate of drug-likeness (QED) is 0.750. The SMILES string of the molecule is NCc1nccnc1N1CCCOCC1. The van der Waals surface area contributed by atoms with Crippen LogP contribution < -0.4 is 10.6 Å². The second-order valence-electron chi connectivity index (χ2n) is 3.48. The predicted molar refractivity (Wildman–Crippen MR) is 57.6 cm³/mol. The standard InChI is InChI=1S/C10H16N4O/c11-8-9-10(13-3-2-12-9)14-4-1-6-15-7-5-14/h2-3H,1,4-8,11H2. The zero-order valence-corrected chi connectivity index (χ0v) is 8.72. The van der Waals surface area contributed by atoms with Crippen molar-refractivity contribution in [2.75, 3.05) is 31.2 Å². The van der Waals surface area contributed by atoms with E-state index < -0.39 is 0 Å². The molecule has 1 aromatic rings. The molecule has 1 aromatic heterocycles. The van der Waals surface area contributed by atoms with Crippen molar-refractivity contribution in [2.45, 2.75) is 13.0 Å². The molecule has 15 heavy (non-hydrogen) atoms. The second-order valence-corrected chi connectivity index (χ2v) is 3.48. The Morgan fingerprint density at radius 3 is 3.00 bits per heavy atom. The van der Waals surface area contributed by atoms with Gasteiger partial charge in [0.2, 0.25) is 0 Å². The van der Waals surface area contributed by atoms with Gasteiger partial charge >= 0.3 is 0 Å². The number of aromatic nitrogens is 2. The summed E-state index contributed by atoms with van der Waals surface area (Å²) in [6, 6.07) is 0. The Bertz CT molecular complexity index is 310. The molecule has 82 valence electrons. The van der Waals surface area contributed by atoms with Gasteiger partial charge in [0.1, 0.15) is 0 Å². The Morgan fingerprint density at radius 2 is 2.13 bits per heavy atom. The van der Waals surface area contributed by atoms with E-state index in [0.717, 1.165) is 44.2 Å². The van der Waals surface area contributed by atoms with Crippen LogP contribution in [0, 0.1) is 0 Å². The lowest BCUT2D eigenvalue weighted by atomic mass is 10.3. The summed E-state index contributed by atoms with van der Waals surface area (Å²) in [5.41, 5.74) is 6.50. The number of hydrogen-bond donors (Lipinski definition) is 1. The fourth-order valence-electron chi connectivity index (χ4n) is 1.73. The second kappa shape index (κ2) is 5.04. The minimum Gasteiger partial charge on any atom is -0.380 e. The molecule has 5 heteroatoms. The van der Waals surface area contributed by atoms with Crippen LogP contribution in [0.25, 0.3) is 0 Å². The van der Waals surface area contributed by atoms with Crippen molar-refractivity contribution >= 4 is 5.82 Å². The summed E-state index contributed by atoms with van der Waals surface area (Å²) in [4.78, 5) is 10.8. The van der Waals surface area contributed by atoms with E-state index in [9.17, 15) is 0 Å². The number of nitrogens with zero attached hydrogens (tertiary/aromatic N) is 3. The van der Waals surface area contributed by atoms with E-state index in [0.29, 0.717) is 6.54 Å². The minimum atomic E-state index is 0.431. The van der Waals surface area contributed by atoms with Gasteiger partial charge in [-0.2, -0.15) is 0 Å². The molecular weight excluding hydrogens is 192 g/mol. The highest BCUT2D eigenvalue weighted by molar-refractivity contribution is 5.42. The van der Waals surface area contributed by atoms with Gasteiger partial charge < -0.3 is 15.4 Å². The maximum atomic E-state index is 5.64. The summed E-state index contributed by atoms with van der Waals surface area (Å²) in [5.74, 6) is 0.908. The first-order valence-corrected chi connectivity index (χ1v) is 5.24. The van der Waals surface area contributed by atoms with Crippen LogP contribution in [0.15, 0.2) is 12.4 Å². The van der Waals surface area contributed by atoms with Crippen LogP contribution in [-0.4, -0.2) is 36.3 Å². The molecule has 1 fully saturated rings. The van der Waals surface area contributed by atoms with Crippen molar-refractivity contribution in [3.05, 3.63) is 18.1 Å². The fraction of sp³-hybridized carbons (Fsp3) is 0.600. The van der Waals surface area contributed by atoms with Crippen LogP contribution >= 0.6 is 0 Å². The van der Waals surface area contributed by atoms with Gasteiger partial charge in [0.25, 0.3) is 0 Å². The van der Waals surface area contributed by atoms with E-state index in [-0.39, 0.29) is 0 Å². The van der Waals surface area contributed by atoms with E-state index in [2.05, 4.69) is 14.9 Å². The van der Waals surface area contributed by atoms with Crippen molar-refractivity contribution in [3.8, 4) is 0 Å². The maximum Gasteiger partial charge on any atom is 0.151 e. The van der Waals surface area contributed by atoms with Crippen LogP contribution in [0.4, 0.5) is 5.82 Å². The van der Waals surface area contributed by atoms with Gasteiger partial charge in [-0.3, -0.25) is 4.98 Å². The van der Waals surface area contributed by atoms with E-state index >= 15 is 0 Å². The normalized spacial score (nSPS) is 17.5. The summed E-state index contributed by atoms with van der Waals surface area (Å²) in [7, 11) is 0. The molecule has 2 rings (SSSR count). The summed E-state index contributed by atoms with van der Waals surface area (Å²) in [5, 5.41) is 0. The number of nitrogens with two attached hydrogens (primary N) is 1. The molecule has 1 saturated heterocycles. The molecular formula is C10H16N4O. The van der Waals surface area contributed by atoms with E-state index in [1.165, 1.54) is 0 Å². The average Bonchev–Trinajstić information content (AvgIpc) is 2.57. The predicted octanol–water partition coefficient (Wildman–Crippen LogP) is 0.162. The van der Waals surface area contributed by atoms with Gasteiger partial charge in [0.15, 0.2) is 5.82 Å². The smallest absolute Gasteiger partial charge is 0.151 e. The van der Waals surface area contributed by atoms with Crippen LogP contribution in [0.5, 0.6) is 0 Å². The van der Waals surface area contributed by atoms with Crippen molar-refractivity contribution in [1.82, 2.24) is 9.97 Å². The van der Waals surface area contributed by atoms with Crippen molar-refractivity contribution < 1.29 is 4.74 Å². The number of hydrogen-bond acceptors (Lipinski definition) is 5. The van der Waals surface area contributed by atoms with Gasteiger partial charge in [-0.15, -0.1) is 0 Å². The molecule has 0 bridgehead atoms. The molecule has 0 radical (unpaired) electrons. The molecule has 0 aliphatic carbocycles. The Kier molecular flexibility index (Phi) is 3.47.